The van der Waals surface area contributed by atoms with Gasteiger partial charge in [-0.05, 0) is 24.6 Å². The highest BCUT2D eigenvalue weighted by atomic mass is 16.5. The van der Waals surface area contributed by atoms with Gasteiger partial charge in [-0.25, -0.2) is 4.79 Å². The number of benzene rings is 1. The van der Waals surface area contributed by atoms with Gasteiger partial charge in [0, 0.05) is 12.0 Å². The molecule has 0 radical (unpaired) electrons. The third-order valence-electron chi connectivity index (χ3n) is 2.66. The third-order valence-corrected chi connectivity index (χ3v) is 2.66. The molecule has 0 aromatic heterocycles. The molecular weight excluding hydrogens is 262 g/mol. The van der Waals surface area contributed by atoms with Gasteiger partial charge in [-0.3, -0.25) is 4.79 Å². The third kappa shape index (κ3) is 4.01. The number of esters is 1. The summed E-state index contributed by atoms with van der Waals surface area (Å²) in [6.45, 7) is 5.01. The van der Waals surface area contributed by atoms with E-state index in [-0.39, 0.29) is 23.5 Å². The van der Waals surface area contributed by atoms with Crippen LogP contribution in [-0.2, 0) is 20.7 Å². The molecule has 3 N–H and O–H groups in total. The quantitative estimate of drug-likeness (QED) is 0.422. The molecule has 1 amide bonds. The lowest BCUT2D eigenvalue weighted by atomic mass is 10.0. The number of phenolic OH excluding ortho intramolecular Hbond substituents is 2. The van der Waals surface area contributed by atoms with Gasteiger partial charge in [-0.2, -0.15) is 0 Å². The average molecular weight is 279 g/mol. The van der Waals surface area contributed by atoms with Crippen molar-refractivity contribution in [3.05, 3.63) is 35.9 Å². The lowest BCUT2D eigenvalue weighted by Gasteiger charge is -2.16. The number of methoxy groups -OCH3 is 1. The molecular formula is C14H17NO5. The Kier molecular flexibility index (Phi) is 5.14. The summed E-state index contributed by atoms with van der Waals surface area (Å²) in [5.41, 5.74) is 0.838. The highest BCUT2D eigenvalue weighted by molar-refractivity contribution is 5.95. The van der Waals surface area contributed by atoms with Crippen LogP contribution in [0.5, 0.6) is 11.5 Å². The Balaban J connectivity index is 2.89. The zero-order valence-corrected chi connectivity index (χ0v) is 11.3. The molecule has 108 valence electrons. The summed E-state index contributed by atoms with van der Waals surface area (Å²) in [4.78, 5) is 23.2. The van der Waals surface area contributed by atoms with Crippen LogP contribution in [0.25, 0.3) is 0 Å². The molecule has 0 saturated heterocycles. The van der Waals surface area contributed by atoms with Gasteiger partial charge >= 0.3 is 5.97 Å². The van der Waals surface area contributed by atoms with Gasteiger partial charge in [-0.15, -0.1) is 0 Å². The molecule has 0 saturated carbocycles. The number of aromatic hydroxyl groups is 2. The van der Waals surface area contributed by atoms with Crippen molar-refractivity contribution < 1.29 is 24.5 Å². The molecule has 1 aromatic carbocycles. The van der Waals surface area contributed by atoms with Gasteiger partial charge in [0.25, 0.3) is 0 Å². The largest absolute Gasteiger partial charge is 0.504 e. The van der Waals surface area contributed by atoms with Crippen LogP contribution < -0.4 is 5.32 Å². The lowest BCUT2D eigenvalue weighted by molar-refractivity contribution is -0.144. The predicted octanol–water partition coefficient (Wildman–Crippen LogP) is 0.874. The summed E-state index contributed by atoms with van der Waals surface area (Å²) in [5.74, 6) is -1.61. The summed E-state index contributed by atoms with van der Waals surface area (Å²) in [5, 5.41) is 21.1. The van der Waals surface area contributed by atoms with Crippen molar-refractivity contribution in [1.29, 1.82) is 0 Å². The van der Waals surface area contributed by atoms with E-state index in [1.807, 2.05) is 0 Å². The summed E-state index contributed by atoms with van der Waals surface area (Å²) in [7, 11) is 1.22. The molecule has 0 aliphatic carbocycles. The molecule has 0 aliphatic heterocycles. The Bertz CT molecular complexity index is 538. The second kappa shape index (κ2) is 6.60. The smallest absolute Gasteiger partial charge is 0.328 e. The van der Waals surface area contributed by atoms with E-state index in [9.17, 15) is 19.8 Å². The van der Waals surface area contributed by atoms with Crippen LogP contribution in [0.1, 0.15) is 12.5 Å². The number of carbonyl (C=O) groups excluding carboxylic acids is 2. The first kappa shape index (κ1) is 15.6. The van der Waals surface area contributed by atoms with Crippen LogP contribution in [0.4, 0.5) is 0 Å². The minimum absolute atomic E-state index is 0.125. The fourth-order valence-electron chi connectivity index (χ4n) is 1.55. The summed E-state index contributed by atoms with van der Waals surface area (Å²) >= 11 is 0. The minimum atomic E-state index is -0.895. The van der Waals surface area contributed by atoms with E-state index < -0.39 is 17.9 Å². The van der Waals surface area contributed by atoms with E-state index in [4.69, 9.17) is 0 Å². The van der Waals surface area contributed by atoms with E-state index in [1.165, 1.54) is 32.2 Å². The fourth-order valence-corrected chi connectivity index (χ4v) is 1.55. The number of ether oxygens (including phenoxy) is 1. The summed E-state index contributed by atoms with van der Waals surface area (Å²) in [6, 6.07) is 3.27. The minimum Gasteiger partial charge on any atom is -0.504 e. The maximum absolute atomic E-state index is 11.6. The van der Waals surface area contributed by atoms with E-state index in [0.29, 0.717) is 5.56 Å². The highest BCUT2D eigenvalue weighted by Gasteiger charge is 2.22. The maximum atomic E-state index is 11.6. The zero-order chi connectivity index (χ0) is 15.3. The monoisotopic (exact) mass is 279 g/mol. The van der Waals surface area contributed by atoms with Gasteiger partial charge in [0.2, 0.25) is 5.91 Å². The van der Waals surface area contributed by atoms with Crippen LogP contribution >= 0.6 is 0 Å². The predicted molar refractivity (Wildman–Crippen MR) is 72.2 cm³/mol. The van der Waals surface area contributed by atoms with Crippen LogP contribution in [0.2, 0.25) is 0 Å². The molecule has 1 aromatic rings. The number of carbonyl (C=O) groups is 2. The lowest BCUT2D eigenvalue weighted by Crippen LogP contribution is -2.43. The maximum Gasteiger partial charge on any atom is 0.328 e. The van der Waals surface area contributed by atoms with Crippen molar-refractivity contribution in [2.45, 2.75) is 19.4 Å². The Labute approximate surface area is 116 Å². The number of rotatable bonds is 5. The van der Waals surface area contributed by atoms with E-state index >= 15 is 0 Å². The molecule has 0 bridgehead atoms. The molecule has 0 heterocycles. The standard InChI is InChI=1S/C14H17NO5/c1-8(2)13(18)15-10(14(19)20-3)6-9-4-5-11(16)12(17)7-9/h4-5,7,10,16-17H,1,6H2,2-3H3,(H,15,18)/t10-/m0/s1. The second-order valence-electron chi connectivity index (χ2n) is 4.36. The van der Waals surface area contributed by atoms with Crippen molar-refractivity contribution in [3.8, 4) is 11.5 Å². The van der Waals surface area contributed by atoms with Gasteiger partial charge in [-0.1, -0.05) is 12.6 Å². The van der Waals surface area contributed by atoms with Gasteiger partial charge in [0.1, 0.15) is 6.04 Å². The van der Waals surface area contributed by atoms with Gasteiger partial charge < -0.3 is 20.3 Å². The zero-order valence-electron chi connectivity index (χ0n) is 11.3. The topological polar surface area (TPSA) is 95.9 Å². The SMILES string of the molecule is C=C(C)C(=O)N[C@@H](Cc1ccc(O)c(O)c1)C(=O)OC. The Morgan fingerprint density at radius 3 is 2.50 bits per heavy atom. The molecule has 20 heavy (non-hydrogen) atoms. The Morgan fingerprint density at radius 1 is 1.35 bits per heavy atom. The average Bonchev–Trinajstić information content (AvgIpc) is 2.40. The van der Waals surface area contributed by atoms with Gasteiger partial charge in [0.15, 0.2) is 11.5 Å². The normalized spacial score (nSPS) is 11.5. The molecule has 0 fully saturated rings. The molecule has 1 atom stereocenters. The molecule has 0 spiro atoms. The van der Waals surface area contributed by atoms with Crippen molar-refractivity contribution >= 4 is 11.9 Å². The number of amides is 1. The van der Waals surface area contributed by atoms with Crippen molar-refractivity contribution in [2.24, 2.45) is 0 Å². The number of hydrogen-bond acceptors (Lipinski definition) is 5. The molecule has 0 aliphatic rings. The first-order valence-electron chi connectivity index (χ1n) is 5.90. The van der Waals surface area contributed by atoms with Crippen LogP contribution in [0.15, 0.2) is 30.4 Å². The number of hydrogen-bond donors (Lipinski definition) is 3. The Morgan fingerprint density at radius 2 is 2.00 bits per heavy atom. The van der Waals surface area contributed by atoms with Crippen molar-refractivity contribution in [3.63, 3.8) is 0 Å². The molecule has 1 rings (SSSR count). The molecule has 6 heteroatoms. The van der Waals surface area contributed by atoms with Crippen molar-refractivity contribution in [2.75, 3.05) is 7.11 Å². The fraction of sp³-hybridized carbons (Fsp3) is 0.286. The van der Waals surface area contributed by atoms with Crippen LogP contribution in [0, 0.1) is 0 Å². The number of nitrogens with one attached hydrogen (secondary N) is 1. The van der Waals surface area contributed by atoms with Crippen LogP contribution in [0.3, 0.4) is 0 Å². The summed E-state index contributed by atoms with van der Waals surface area (Å²) < 4.78 is 4.62. The van der Waals surface area contributed by atoms with Gasteiger partial charge in [0.05, 0.1) is 7.11 Å². The molecule has 6 nitrogen and oxygen atoms in total. The number of phenols is 2. The highest BCUT2D eigenvalue weighted by Crippen LogP contribution is 2.25. The van der Waals surface area contributed by atoms with Crippen molar-refractivity contribution in [1.82, 2.24) is 5.32 Å². The summed E-state index contributed by atoms with van der Waals surface area (Å²) in [6.07, 6.45) is 0.125. The van der Waals surface area contributed by atoms with Crippen LogP contribution in [-0.4, -0.2) is 35.2 Å². The van der Waals surface area contributed by atoms with E-state index in [0.717, 1.165) is 0 Å². The second-order valence-corrected chi connectivity index (χ2v) is 4.36. The molecule has 0 unspecified atom stereocenters. The first-order chi connectivity index (χ1) is 9.35. The first-order valence-corrected chi connectivity index (χ1v) is 5.90. The van der Waals surface area contributed by atoms with E-state index in [1.54, 1.807) is 0 Å². The van der Waals surface area contributed by atoms with E-state index in [2.05, 4.69) is 16.6 Å². The Hall–Kier alpha value is -2.50.